The third-order valence-electron chi connectivity index (χ3n) is 4.40. The molecule has 0 saturated carbocycles. The van der Waals surface area contributed by atoms with Crippen LogP contribution in [0.1, 0.15) is 54.0 Å². The molecule has 0 fully saturated rings. The quantitative estimate of drug-likeness (QED) is 0.298. The zero-order valence-corrected chi connectivity index (χ0v) is 17.8. The van der Waals surface area contributed by atoms with Crippen LogP contribution in [0.4, 0.5) is 18.9 Å². The van der Waals surface area contributed by atoms with Crippen LogP contribution in [0.3, 0.4) is 0 Å². The topological polar surface area (TPSA) is 88.1 Å². The van der Waals surface area contributed by atoms with Crippen molar-refractivity contribution in [2.24, 2.45) is 15.6 Å². The molecular formula is C22H32F3N3O3. The fourth-order valence-corrected chi connectivity index (χ4v) is 3.50. The molecule has 9 heteroatoms. The van der Waals surface area contributed by atoms with Gasteiger partial charge in [-0.15, -0.1) is 0 Å². The summed E-state index contributed by atoms with van der Waals surface area (Å²) in [6.07, 6.45) is 4.26. The Morgan fingerprint density at radius 1 is 1.19 bits per heavy atom. The Morgan fingerprint density at radius 2 is 1.77 bits per heavy atom. The summed E-state index contributed by atoms with van der Waals surface area (Å²) in [5.74, 6) is -0.731. The number of phenolic OH excluding ortho intramolecular Hbond substituents is 1. The molecule has 0 saturated heterocycles. The van der Waals surface area contributed by atoms with E-state index in [4.69, 9.17) is 0 Å². The van der Waals surface area contributed by atoms with Crippen LogP contribution in [0.15, 0.2) is 52.5 Å². The summed E-state index contributed by atoms with van der Waals surface area (Å²) >= 11 is 0. The molecule has 1 N–H and O–H groups in total. The van der Waals surface area contributed by atoms with Gasteiger partial charge in [-0.2, -0.15) is 10.2 Å². The van der Waals surface area contributed by atoms with E-state index in [2.05, 4.69) is 44.8 Å². The van der Waals surface area contributed by atoms with Gasteiger partial charge in [-0.1, -0.05) is 48.1 Å². The van der Waals surface area contributed by atoms with Crippen LogP contribution in [0.2, 0.25) is 0 Å². The zero-order valence-electron chi connectivity index (χ0n) is 17.8. The number of halogens is 3. The van der Waals surface area contributed by atoms with Crippen molar-refractivity contribution in [3.8, 4) is 5.75 Å². The molecule has 0 radical (unpaired) electrons. The van der Waals surface area contributed by atoms with Gasteiger partial charge in [0.1, 0.15) is 17.3 Å². The largest absolute Gasteiger partial charge is 0.506 e. The second kappa shape index (κ2) is 11.6. The second-order valence-corrected chi connectivity index (χ2v) is 8.82. The van der Waals surface area contributed by atoms with E-state index in [0.717, 1.165) is 24.1 Å². The van der Waals surface area contributed by atoms with E-state index in [1.54, 1.807) is 12.1 Å². The van der Waals surface area contributed by atoms with Crippen LogP contribution in [0, 0.1) is 15.5 Å². The third-order valence-corrected chi connectivity index (χ3v) is 4.40. The zero-order chi connectivity index (χ0) is 23.1. The lowest BCUT2D eigenvalue weighted by Gasteiger charge is -2.33. The van der Waals surface area contributed by atoms with Gasteiger partial charge < -0.3 is 5.11 Å². The standard InChI is InChI=1S/C20H26FN3O3.CH2F2.CH4/c1-19(2,3)12-20(4,5)13-6-9-18(25)16(10-13)23-22-15-8-7-14(21)11-17(15)24(26)27;2-1-3;/h6-11,15,17,25H,12H2,1-5H3;1H2;1H4. The summed E-state index contributed by atoms with van der Waals surface area (Å²) in [4.78, 5) is 10.5. The van der Waals surface area contributed by atoms with Crippen molar-refractivity contribution in [1.82, 2.24) is 0 Å². The van der Waals surface area contributed by atoms with Gasteiger partial charge in [0.2, 0.25) is 6.93 Å². The number of rotatable bonds is 5. The fourth-order valence-electron chi connectivity index (χ4n) is 3.50. The van der Waals surface area contributed by atoms with Crippen LogP contribution in [-0.4, -0.2) is 29.0 Å². The first-order chi connectivity index (χ1) is 13.8. The van der Waals surface area contributed by atoms with Crippen molar-refractivity contribution in [2.45, 2.75) is 66.0 Å². The molecule has 1 aromatic rings. The molecule has 0 bridgehead atoms. The van der Waals surface area contributed by atoms with Gasteiger partial charge in [0.25, 0.3) is 6.04 Å². The lowest BCUT2D eigenvalue weighted by atomic mass is 9.72. The summed E-state index contributed by atoms with van der Waals surface area (Å²) < 4.78 is 32.5. The molecule has 1 aromatic carbocycles. The second-order valence-electron chi connectivity index (χ2n) is 8.82. The lowest BCUT2D eigenvalue weighted by Crippen LogP contribution is -2.30. The van der Waals surface area contributed by atoms with Crippen LogP contribution in [0.5, 0.6) is 5.75 Å². The van der Waals surface area contributed by atoms with Crippen molar-refractivity contribution in [1.29, 1.82) is 0 Å². The highest BCUT2D eigenvalue weighted by atomic mass is 19.3. The van der Waals surface area contributed by atoms with Gasteiger partial charge in [0.05, 0.1) is 0 Å². The molecule has 2 atom stereocenters. The number of nitro groups is 1. The van der Waals surface area contributed by atoms with Gasteiger partial charge in [-0.25, -0.2) is 13.2 Å². The van der Waals surface area contributed by atoms with E-state index in [1.165, 1.54) is 6.08 Å². The van der Waals surface area contributed by atoms with Gasteiger partial charge >= 0.3 is 0 Å². The maximum atomic E-state index is 13.3. The Balaban J connectivity index is 0.00000212. The molecule has 0 amide bonds. The van der Waals surface area contributed by atoms with E-state index >= 15 is 0 Å². The average Bonchev–Trinajstić information content (AvgIpc) is 2.60. The van der Waals surface area contributed by atoms with E-state index in [1.807, 2.05) is 6.07 Å². The van der Waals surface area contributed by atoms with Gasteiger partial charge in [0, 0.05) is 11.0 Å². The monoisotopic (exact) mass is 443 g/mol. The van der Waals surface area contributed by atoms with Crippen LogP contribution < -0.4 is 0 Å². The fraction of sp³-hybridized carbons (Fsp3) is 0.545. The van der Waals surface area contributed by atoms with E-state index in [-0.39, 0.29) is 29.7 Å². The number of allylic oxidation sites excluding steroid dienone is 2. The maximum absolute atomic E-state index is 13.3. The number of alkyl halides is 2. The van der Waals surface area contributed by atoms with Crippen molar-refractivity contribution in [2.75, 3.05) is 6.93 Å². The predicted molar refractivity (Wildman–Crippen MR) is 116 cm³/mol. The van der Waals surface area contributed by atoms with Gasteiger partial charge in [-0.05, 0) is 47.1 Å². The number of hydrogen-bond acceptors (Lipinski definition) is 5. The number of azo groups is 1. The van der Waals surface area contributed by atoms with Crippen LogP contribution in [0.25, 0.3) is 0 Å². The van der Waals surface area contributed by atoms with Crippen LogP contribution in [-0.2, 0) is 5.41 Å². The maximum Gasteiger partial charge on any atom is 0.261 e. The minimum atomic E-state index is -1.75. The Morgan fingerprint density at radius 3 is 2.29 bits per heavy atom. The molecule has 2 rings (SSSR count). The number of benzene rings is 1. The van der Waals surface area contributed by atoms with Gasteiger partial charge in [-0.3, -0.25) is 10.1 Å². The van der Waals surface area contributed by atoms with Crippen LogP contribution >= 0.6 is 0 Å². The van der Waals surface area contributed by atoms with Gasteiger partial charge in [0.15, 0.2) is 6.04 Å². The Bertz CT molecular complexity index is 831. The summed E-state index contributed by atoms with van der Waals surface area (Å²) in [6, 6.07) is 2.90. The highest BCUT2D eigenvalue weighted by Crippen LogP contribution is 2.39. The summed E-state index contributed by atoms with van der Waals surface area (Å²) in [7, 11) is 0. The molecule has 31 heavy (non-hydrogen) atoms. The number of nitrogens with zero attached hydrogens (tertiary/aromatic N) is 3. The minimum absolute atomic E-state index is 0. The number of aromatic hydroxyl groups is 1. The molecule has 0 aliphatic heterocycles. The minimum Gasteiger partial charge on any atom is -0.506 e. The van der Waals surface area contributed by atoms with E-state index in [9.17, 15) is 28.4 Å². The molecule has 0 heterocycles. The average molecular weight is 444 g/mol. The Labute approximate surface area is 181 Å². The summed E-state index contributed by atoms with van der Waals surface area (Å²) in [6.45, 7) is 8.97. The van der Waals surface area contributed by atoms with Crippen molar-refractivity contribution < 1.29 is 23.2 Å². The normalized spacial score (nSPS) is 18.6. The van der Waals surface area contributed by atoms with Crippen molar-refractivity contribution in [3.05, 3.63) is 57.9 Å². The van der Waals surface area contributed by atoms with E-state index in [0.29, 0.717) is 0 Å². The molecule has 174 valence electrons. The molecule has 0 spiro atoms. The molecule has 6 nitrogen and oxygen atoms in total. The van der Waals surface area contributed by atoms with Crippen molar-refractivity contribution >= 4 is 5.69 Å². The first-order valence-electron chi connectivity index (χ1n) is 9.36. The molecule has 0 aromatic heterocycles. The molecule has 2 unspecified atom stereocenters. The first kappa shape index (κ1) is 28.3. The molecule has 1 aliphatic carbocycles. The lowest BCUT2D eigenvalue weighted by molar-refractivity contribution is -0.510. The number of hydrogen-bond donors (Lipinski definition) is 1. The van der Waals surface area contributed by atoms with Crippen molar-refractivity contribution in [3.63, 3.8) is 0 Å². The highest BCUT2D eigenvalue weighted by Gasteiger charge is 2.31. The molecule has 1 aliphatic rings. The van der Waals surface area contributed by atoms with E-state index < -0.39 is 29.8 Å². The summed E-state index contributed by atoms with van der Waals surface area (Å²) in [5.41, 5.74) is 1.18. The highest BCUT2D eigenvalue weighted by molar-refractivity contribution is 5.53. The SMILES string of the molecule is C.CC(C)(C)CC(C)(C)c1ccc(O)c(N=NC2C=CC(F)=CC2[N+](=O)[O-])c1.FCF. The summed E-state index contributed by atoms with van der Waals surface area (Å²) in [5, 5.41) is 29.2. The Kier molecular flexibility index (Phi) is 10.6. The Hall–Kier alpha value is -2.71. The number of phenols is 1. The smallest absolute Gasteiger partial charge is 0.261 e. The molecular weight excluding hydrogens is 411 g/mol. The third kappa shape index (κ3) is 8.90. The first-order valence-corrected chi connectivity index (χ1v) is 9.36. The predicted octanol–water partition coefficient (Wildman–Crippen LogP) is 7.15.